The molecule has 7 nitrogen and oxygen atoms in total. The minimum absolute atomic E-state index is 0.108. The molecule has 2 aromatic rings. The van der Waals surface area contributed by atoms with Crippen LogP contribution >= 0.6 is 0 Å². The number of hydrogen-bond donors (Lipinski definition) is 1. The minimum Gasteiger partial charge on any atom is -0.361 e. The van der Waals surface area contributed by atoms with E-state index in [0.29, 0.717) is 36.1 Å². The van der Waals surface area contributed by atoms with Crippen molar-refractivity contribution in [3.8, 4) is 0 Å². The molecule has 2 aromatic heterocycles. The first-order valence-electron chi connectivity index (χ1n) is 6.86. The highest BCUT2D eigenvalue weighted by atomic mass is 16.5. The highest BCUT2D eigenvalue weighted by molar-refractivity contribution is 5.78. The molecule has 0 unspecified atom stereocenters. The molecule has 0 saturated carbocycles. The molecule has 1 amide bonds. The molecule has 7 heteroatoms. The lowest BCUT2D eigenvalue weighted by atomic mass is 9.97. The van der Waals surface area contributed by atoms with Gasteiger partial charge in [-0.05, 0) is 6.92 Å². The molecule has 2 rings (SSSR count). The molecule has 2 heterocycles. The zero-order valence-electron chi connectivity index (χ0n) is 12.8. The van der Waals surface area contributed by atoms with E-state index in [-0.39, 0.29) is 17.7 Å². The number of nitrogens with one attached hydrogen (secondary N) is 1. The molecule has 114 valence electrons. The van der Waals surface area contributed by atoms with Crippen molar-refractivity contribution < 1.29 is 13.8 Å². The Morgan fingerprint density at radius 1 is 1.29 bits per heavy atom. The second-order valence-corrected chi connectivity index (χ2v) is 5.97. The predicted molar refractivity (Wildman–Crippen MR) is 74.7 cm³/mol. The SMILES string of the molecule is Cc1cc(CC(=O)NCCc2noc(C(C)(C)C)n2)no1. The van der Waals surface area contributed by atoms with Crippen molar-refractivity contribution in [2.75, 3.05) is 6.54 Å². The molecule has 0 spiro atoms. The Balaban J connectivity index is 1.76. The summed E-state index contributed by atoms with van der Waals surface area (Å²) in [6, 6.07) is 1.74. The van der Waals surface area contributed by atoms with Crippen molar-refractivity contribution in [3.63, 3.8) is 0 Å². The lowest BCUT2D eigenvalue weighted by Gasteiger charge is -2.10. The van der Waals surface area contributed by atoms with Gasteiger partial charge in [0.1, 0.15) is 5.76 Å². The van der Waals surface area contributed by atoms with Crippen LogP contribution in [-0.4, -0.2) is 27.7 Å². The molecular formula is C14H20N4O3. The van der Waals surface area contributed by atoms with Crippen molar-refractivity contribution in [1.29, 1.82) is 0 Å². The number of hydrogen-bond acceptors (Lipinski definition) is 6. The molecule has 0 bridgehead atoms. The van der Waals surface area contributed by atoms with Crippen molar-refractivity contribution in [1.82, 2.24) is 20.6 Å². The van der Waals surface area contributed by atoms with Crippen LogP contribution < -0.4 is 5.32 Å². The average molecular weight is 292 g/mol. The molecular weight excluding hydrogens is 272 g/mol. The summed E-state index contributed by atoms with van der Waals surface area (Å²) in [4.78, 5) is 16.0. The van der Waals surface area contributed by atoms with Gasteiger partial charge in [-0.3, -0.25) is 4.79 Å². The standard InChI is InChI=1S/C14H20N4O3/c1-9-7-10(17-20-9)8-12(19)15-6-5-11-16-13(21-18-11)14(2,3)4/h7H,5-6,8H2,1-4H3,(H,15,19). The van der Waals surface area contributed by atoms with E-state index in [4.69, 9.17) is 9.05 Å². The van der Waals surface area contributed by atoms with Gasteiger partial charge >= 0.3 is 0 Å². The first kappa shape index (κ1) is 15.2. The minimum atomic E-state index is -0.167. The van der Waals surface area contributed by atoms with Crippen molar-refractivity contribution in [2.45, 2.75) is 46.0 Å². The van der Waals surface area contributed by atoms with Crippen molar-refractivity contribution >= 4 is 5.91 Å². The van der Waals surface area contributed by atoms with Gasteiger partial charge in [-0.25, -0.2) is 0 Å². The van der Waals surface area contributed by atoms with Gasteiger partial charge in [0.05, 0.1) is 12.1 Å². The number of aryl methyl sites for hydroxylation is 1. The summed E-state index contributed by atoms with van der Waals surface area (Å²) in [6.45, 7) is 8.26. The third-order valence-electron chi connectivity index (χ3n) is 2.80. The van der Waals surface area contributed by atoms with Crippen LogP contribution in [0.4, 0.5) is 0 Å². The van der Waals surface area contributed by atoms with Gasteiger partial charge < -0.3 is 14.4 Å². The summed E-state index contributed by atoms with van der Waals surface area (Å²) in [5.74, 6) is 1.78. The van der Waals surface area contributed by atoms with Gasteiger partial charge in [-0.1, -0.05) is 31.1 Å². The number of carbonyl (C=O) groups excluding carboxylic acids is 1. The molecule has 0 aliphatic carbocycles. The fourth-order valence-corrected chi connectivity index (χ4v) is 1.70. The highest BCUT2D eigenvalue weighted by Gasteiger charge is 2.21. The van der Waals surface area contributed by atoms with E-state index in [0.717, 1.165) is 0 Å². The Labute approximate surface area is 123 Å². The van der Waals surface area contributed by atoms with Crippen LogP contribution in [0.3, 0.4) is 0 Å². The van der Waals surface area contributed by atoms with Crippen molar-refractivity contribution in [3.05, 3.63) is 29.2 Å². The van der Waals surface area contributed by atoms with E-state index in [9.17, 15) is 4.79 Å². The van der Waals surface area contributed by atoms with E-state index in [1.54, 1.807) is 13.0 Å². The number of amides is 1. The van der Waals surface area contributed by atoms with Crippen LogP contribution in [0.5, 0.6) is 0 Å². The zero-order valence-corrected chi connectivity index (χ0v) is 12.8. The molecule has 0 atom stereocenters. The van der Waals surface area contributed by atoms with Gasteiger partial charge in [0.25, 0.3) is 0 Å². The Bertz CT molecular complexity index is 610. The number of rotatable bonds is 5. The van der Waals surface area contributed by atoms with Crippen LogP contribution in [0.2, 0.25) is 0 Å². The predicted octanol–water partition coefficient (Wildman–Crippen LogP) is 1.56. The summed E-state index contributed by atoms with van der Waals surface area (Å²) < 4.78 is 10.1. The Morgan fingerprint density at radius 2 is 2.05 bits per heavy atom. The summed E-state index contributed by atoms with van der Waals surface area (Å²) in [7, 11) is 0. The molecule has 0 aliphatic heterocycles. The van der Waals surface area contributed by atoms with Gasteiger partial charge in [0.15, 0.2) is 5.82 Å². The van der Waals surface area contributed by atoms with E-state index < -0.39 is 0 Å². The average Bonchev–Trinajstić information content (AvgIpc) is 2.98. The van der Waals surface area contributed by atoms with E-state index in [1.807, 2.05) is 20.8 Å². The fraction of sp³-hybridized carbons (Fsp3) is 0.571. The van der Waals surface area contributed by atoms with E-state index in [2.05, 4.69) is 20.6 Å². The molecule has 0 fully saturated rings. The van der Waals surface area contributed by atoms with Gasteiger partial charge in [-0.2, -0.15) is 4.98 Å². The quantitative estimate of drug-likeness (QED) is 0.898. The summed E-state index contributed by atoms with van der Waals surface area (Å²) in [5, 5.41) is 10.5. The zero-order chi connectivity index (χ0) is 15.5. The maximum Gasteiger partial charge on any atom is 0.232 e. The summed E-state index contributed by atoms with van der Waals surface area (Å²) in [6.07, 6.45) is 0.736. The Morgan fingerprint density at radius 3 is 2.62 bits per heavy atom. The second-order valence-electron chi connectivity index (χ2n) is 5.97. The third-order valence-corrected chi connectivity index (χ3v) is 2.80. The van der Waals surface area contributed by atoms with Gasteiger partial charge in [-0.15, -0.1) is 0 Å². The summed E-state index contributed by atoms with van der Waals surface area (Å²) in [5.41, 5.74) is 0.457. The molecule has 0 saturated heterocycles. The number of aromatic nitrogens is 3. The smallest absolute Gasteiger partial charge is 0.232 e. The molecule has 0 aliphatic rings. The molecule has 0 aromatic carbocycles. The largest absolute Gasteiger partial charge is 0.361 e. The Hall–Kier alpha value is -2.18. The topological polar surface area (TPSA) is 94.1 Å². The fourth-order valence-electron chi connectivity index (χ4n) is 1.70. The van der Waals surface area contributed by atoms with Crippen LogP contribution in [-0.2, 0) is 23.1 Å². The van der Waals surface area contributed by atoms with Crippen LogP contribution in [0, 0.1) is 6.92 Å². The lowest BCUT2D eigenvalue weighted by Crippen LogP contribution is -2.27. The molecule has 0 radical (unpaired) electrons. The number of carbonyl (C=O) groups is 1. The maximum atomic E-state index is 11.7. The first-order valence-corrected chi connectivity index (χ1v) is 6.86. The van der Waals surface area contributed by atoms with Crippen LogP contribution in [0.15, 0.2) is 15.1 Å². The monoisotopic (exact) mass is 292 g/mol. The summed E-state index contributed by atoms with van der Waals surface area (Å²) >= 11 is 0. The lowest BCUT2D eigenvalue weighted by molar-refractivity contribution is -0.120. The molecule has 1 N–H and O–H groups in total. The van der Waals surface area contributed by atoms with E-state index >= 15 is 0 Å². The number of nitrogens with zero attached hydrogens (tertiary/aromatic N) is 3. The Kier molecular flexibility index (Phi) is 4.40. The van der Waals surface area contributed by atoms with Crippen LogP contribution in [0.1, 0.15) is 43.9 Å². The van der Waals surface area contributed by atoms with Gasteiger partial charge in [0, 0.05) is 24.4 Å². The second kappa shape index (κ2) is 6.07. The molecule has 21 heavy (non-hydrogen) atoms. The van der Waals surface area contributed by atoms with Crippen LogP contribution in [0.25, 0.3) is 0 Å². The maximum absolute atomic E-state index is 11.7. The van der Waals surface area contributed by atoms with Gasteiger partial charge in [0.2, 0.25) is 11.8 Å². The van der Waals surface area contributed by atoms with Crippen molar-refractivity contribution in [2.24, 2.45) is 0 Å². The normalized spacial score (nSPS) is 11.6. The highest BCUT2D eigenvalue weighted by Crippen LogP contribution is 2.19. The van der Waals surface area contributed by atoms with E-state index in [1.165, 1.54) is 0 Å². The first-order chi connectivity index (χ1) is 9.84. The third kappa shape index (κ3) is 4.40.